The van der Waals surface area contributed by atoms with Crippen LogP contribution >= 0.6 is 0 Å². The maximum atomic E-state index is 12.6. The van der Waals surface area contributed by atoms with Gasteiger partial charge in [0, 0.05) is 19.3 Å². The van der Waals surface area contributed by atoms with Crippen molar-refractivity contribution in [2.24, 2.45) is 0 Å². The molecule has 3 atom stereocenters. The molecule has 45 heavy (non-hydrogen) atoms. The third-order valence-electron chi connectivity index (χ3n) is 9.58. The highest BCUT2D eigenvalue weighted by atomic mass is 16.4. The largest absolute Gasteiger partial charge is 0.544 e. The van der Waals surface area contributed by atoms with E-state index in [-0.39, 0.29) is 25.8 Å². The van der Waals surface area contributed by atoms with E-state index in [1.54, 1.807) is 0 Å². The molecule has 0 amide bonds. The molecule has 0 aromatic rings. The Labute approximate surface area is 276 Å². The highest BCUT2D eigenvalue weighted by molar-refractivity contribution is 5.77. The molecule has 0 radical (unpaired) electrons. The number of carboxylic acid groups (broad SMARTS) is 3. The number of aliphatic carboxylic acids is 3. The molecule has 264 valence electrons. The van der Waals surface area contributed by atoms with Crippen molar-refractivity contribution >= 4 is 17.9 Å². The highest BCUT2D eigenvalue weighted by Gasteiger charge is 2.54. The minimum absolute atomic E-state index is 0.0611. The third-order valence-corrected chi connectivity index (χ3v) is 9.58. The van der Waals surface area contributed by atoms with Crippen molar-refractivity contribution in [3.63, 3.8) is 0 Å². The fourth-order valence-electron chi connectivity index (χ4n) is 7.09. The van der Waals surface area contributed by atoms with Crippen LogP contribution in [0.3, 0.4) is 0 Å². The topological polar surface area (TPSA) is 115 Å². The number of quaternary nitrogens is 1. The Morgan fingerprint density at radius 3 is 1.16 bits per heavy atom. The van der Waals surface area contributed by atoms with Gasteiger partial charge in [-0.1, -0.05) is 149 Å². The maximum absolute atomic E-state index is 12.6. The summed E-state index contributed by atoms with van der Waals surface area (Å²) < 4.78 is -0.516. The van der Waals surface area contributed by atoms with Crippen molar-refractivity contribution in [3.8, 4) is 0 Å². The van der Waals surface area contributed by atoms with E-state index < -0.39 is 40.5 Å². The van der Waals surface area contributed by atoms with Gasteiger partial charge in [0.05, 0.1) is 12.5 Å². The predicted octanol–water partition coefficient (Wildman–Crippen LogP) is 9.22. The summed E-state index contributed by atoms with van der Waals surface area (Å²) in [5, 5.41) is 33.0. The molecule has 0 spiro atoms. The molecule has 0 aromatic carbocycles. The summed E-state index contributed by atoms with van der Waals surface area (Å²) in [7, 11) is 0. The molecule has 0 aliphatic carbocycles. The summed E-state index contributed by atoms with van der Waals surface area (Å²) in [6.45, 7) is 7.87. The van der Waals surface area contributed by atoms with E-state index in [4.69, 9.17) is 0 Å². The molecule has 0 bridgehead atoms. The second kappa shape index (κ2) is 28.3. The average Bonchev–Trinajstić information content (AvgIpc) is 3.00. The monoisotopic (exact) mass is 638 g/mol. The minimum atomic E-state index is -1.36. The highest BCUT2D eigenvalue weighted by Crippen LogP contribution is 2.33. The number of carbonyl (C=O) groups excluding carboxylic acids is 1. The smallest absolute Gasteiger partial charge is 0.362 e. The fourth-order valence-corrected chi connectivity index (χ4v) is 7.09. The van der Waals surface area contributed by atoms with Crippen LogP contribution in [0, 0.1) is 0 Å². The summed E-state index contributed by atoms with van der Waals surface area (Å²) in [6.07, 6.45) is 30.6. The number of carbonyl (C=O) groups is 3. The molecule has 7 nitrogen and oxygen atoms in total. The zero-order chi connectivity index (χ0) is 33.8. The van der Waals surface area contributed by atoms with Crippen LogP contribution in [0.15, 0.2) is 12.2 Å². The summed E-state index contributed by atoms with van der Waals surface area (Å²) in [6, 6.07) is -3.47. The predicted molar refractivity (Wildman–Crippen MR) is 184 cm³/mol. The van der Waals surface area contributed by atoms with Gasteiger partial charge in [-0.05, 0) is 31.8 Å². The van der Waals surface area contributed by atoms with Gasteiger partial charge in [-0.15, -0.1) is 0 Å². The van der Waals surface area contributed by atoms with E-state index in [2.05, 4.69) is 6.92 Å². The first-order valence-electron chi connectivity index (χ1n) is 18.9. The zero-order valence-electron chi connectivity index (χ0n) is 29.7. The maximum Gasteiger partial charge on any atom is 0.362 e. The lowest BCUT2D eigenvalue weighted by atomic mass is 9.92. The van der Waals surface area contributed by atoms with Crippen LogP contribution in [0.1, 0.15) is 188 Å². The SMILES string of the molecule is CCCCCCCCCCCCCCCCCCCC/C=C/C[N+](C(CCC)C(=O)[O-])(C(CCC)C(=O)O)C(CCC)C(=O)O. The minimum Gasteiger partial charge on any atom is -0.544 e. The molecular formula is C38H71NO6. The van der Waals surface area contributed by atoms with Crippen molar-refractivity contribution in [2.75, 3.05) is 6.54 Å². The van der Waals surface area contributed by atoms with Gasteiger partial charge in [-0.2, -0.15) is 0 Å². The van der Waals surface area contributed by atoms with Gasteiger partial charge >= 0.3 is 11.9 Å². The number of unbranched alkanes of at least 4 members (excludes halogenated alkanes) is 18. The first-order chi connectivity index (χ1) is 21.7. The molecule has 0 aromatic heterocycles. The Morgan fingerprint density at radius 2 is 0.844 bits per heavy atom. The number of hydrogen-bond donors (Lipinski definition) is 2. The van der Waals surface area contributed by atoms with Gasteiger partial charge in [0.25, 0.3) is 0 Å². The van der Waals surface area contributed by atoms with Gasteiger partial charge < -0.3 is 20.1 Å². The summed E-state index contributed by atoms with van der Waals surface area (Å²) in [4.78, 5) is 37.6. The van der Waals surface area contributed by atoms with E-state index in [1.807, 2.05) is 32.9 Å². The fraction of sp³-hybridized carbons (Fsp3) is 0.868. The Kier molecular flexibility index (Phi) is 27.2. The second-order valence-corrected chi connectivity index (χ2v) is 13.4. The Balaban J connectivity index is 4.73. The number of hydrogen-bond acceptors (Lipinski definition) is 4. The van der Waals surface area contributed by atoms with E-state index >= 15 is 0 Å². The molecule has 2 N–H and O–H groups in total. The van der Waals surface area contributed by atoms with Gasteiger partial charge in [0.2, 0.25) is 0 Å². The second-order valence-electron chi connectivity index (χ2n) is 13.4. The molecule has 0 aliphatic heterocycles. The molecule has 0 saturated carbocycles. The van der Waals surface area contributed by atoms with Crippen molar-refractivity contribution < 1.29 is 34.2 Å². The lowest BCUT2D eigenvalue weighted by Gasteiger charge is -2.51. The Morgan fingerprint density at radius 1 is 0.511 bits per heavy atom. The molecule has 0 rings (SSSR count). The van der Waals surface area contributed by atoms with Crippen LogP contribution in [-0.2, 0) is 14.4 Å². The van der Waals surface area contributed by atoms with Crippen LogP contribution in [0.5, 0.6) is 0 Å². The normalized spacial score (nSPS) is 15.1. The standard InChI is InChI=1S/C38H71NO6/c1-5-9-10-11-12-13-14-15-16-17-18-19-20-21-22-23-24-25-26-27-28-32-39(33(29-6-2)36(40)41,34(30-7-3)37(42)43)35(31-8-4)38(44)45/h27-28,33-35H,5-26,29-32H2,1-4H3,(H2-,40,41,42,43,44,45)/b28-27+. The van der Waals surface area contributed by atoms with Crippen LogP contribution in [-0.4, -0.2) is 57.3 Å². The first kappa shape index (κ1) is 43.1. The van der Waals surface area contributed by atoms with Crippen LogP contribution in [0.25, 0.3) is 0 Å². The molecular weight excluding hydrogens is 566 g/mol. The Bertz CT molecular complexity index is 722. The molecule has 0 saturated heterocycles. The number of allylic oxidation sites excluding steroid dienone is 1. The average molecular weight is 638 g/mol. The number of carboxylic acids is 3. The van der Waals surface area contributed by atoms with Crippen molar-refractivity contribution in [3.05, 3.63) is 12.2 Å². The number of rotatable bonds is 33. The van der Waals surface area contributed by atoms with Gasteiger partial charge in [0.15, 0.2) is 12.1 Å². The van der Waals surface area contributed by atoms with E-state index in [9.17, 15) is 29.7 Å². The quantitative estimate of drug-likeness (QED) is 0.0421. The molecule has 0 fully saturated rings. The summed E-state index contributed by atoms with van der Waals surface area (Å²) >= 11 is 0. The molecule has 0 heterocycles. The third kappa shape index (κ3) is 18.1. The first-order valence-corrected chi connectivity index (χ1v) is 18.9. The summed E-state index contributed by atoms with van der Waals surface area (Å²) in [5.74, 6) is -3.64. The molecule has 7 heteroatoms. The van der Waals surface area contributed by atoms with Crippen LogP contribution in [0.4, 0.5) is 0 Å². The van der Waals surface area contributed by atoms with Crippen LogP contribution < -0.4 is 5.11 Å². The molecule has 3 unspecified atom stereocenters. The lowest BCUT2D eigenvalue weighted by Crippen LogP contribution is -2.73. The van der Waals surface area contributed by atoms with E-state index in [0.717, 1.165) is 19.3 Å². The van der Waals surface area contributed by atoms with Crippen molar-refractivity contribution in [2.45, 2.75) is 206 Å². The van der Waals surface area contributed by atoms with Crippen LogP contribution in [0.2, 0.25) is 0 Å². The van der Waals surface area contributed by atoms with Gasteiger partial charge in [0.1, 0.15) is 6.04 Å². The zero-order valence-corrected chi connectivity index (χ0v) is 29.7. The van der Waals surface area contributed by atoms with E-state index in [1.165, 1.54) is 103 Å². The van der Waals surface area contributed by atoms with Crippen molar-refractivity contribution in [1.82, 2.24) is 0 Å². The summed E-state index contributed by atoms with van der Waals surface area (Å²) in [5.41, 5.74) is 0. The van der Waals surface area contributed by atoms with Gasteiger partial charge in [-0.25, -0.2) is 9.59 Å². The Hall–Kier alpha value is -1.89. The van der Waals surface area contributed by atoms with Gasteiger partial charge in [-0.3, -0.25) is 4.48 Å². The number of nitrogens with zero attached hydrogens (tertiary/aromatic N) is 1. The molecule has 0 aliphatic rings. The van der Waals surface area contributed by atoms with Crippen molar-refractivity contribution in [1.29, 1.82) is 0 Å². The van der Waals surface area contributed by atoms with E-state index in [0.29, 0.717) is 19.3 Å². The lowest BCUT2D eigenvalue weighted by molar-refractivity contribution is -0.970.